The molecule has 0 aliphatic heterocycles. The molecule has 0 bridgehead atoms. The lowest BCUT2D eigenvalue weighted by Gasteiger charge is -2.16. The molecule has 0 spiro atoms. The summed E-state index contributed by atoms with van der Waals surface area (Å²) in [5, 5.41) is 3.31. The van der Waals surface area contributed by atoms with E-state index in [1.807, 2.05) is 18.3 Å². The molecule has 0 amide bonds. The summed E-state index contributed by atoms with van der Waals surface area (Å²) >= 11 is 0. The van der Waals surface area contributed by atoms with E-state index in [4.69, 9.17) is 4.42 Å². The Bertz CT molecular complexity index is 1000. The van der Waals surface area contributed by atoms with Crippen LogP contribution in [0.5, 0.6) is 0 Å². The van der Waals surface area contributed by atoms with Crippen LogP contribution in [0.4, 0.5) is 0 Å². The van der Waals surface area contributed by atoms with Gasteiger partial charge in [0.2, 0.25) is 11.4 Å². The fraction of sp³-hybridized carbons (Fsp3) is 0.167. The van der Waals surface area contributed by atoms with Gasteiger partial charge in [-0.15, -0.1) is 0 Å². The van der Waals surface area contributed by atoms with Gasteiger partial charge in [0, 0.05) is 29.5 Å². The Morgan fingerprint density at radius 3 is 2.43 bits per heavy atom. The van der Waals surface area contributed by atoms with Gasteiger partial charge < -0.3 is 4.42 Å². The van der Waals surface area contributed by atoms with Crippen LogP contribution in [-0.4, -0.2) is 23.0 Å². The molecule has 4 nitrogen and oxygen atoms in total. The predicted octanol–water partition coefficient (Wildman–Crippen LogP) is 3.98. The average molecular weight is 319 g/mol. The Kier molecular flexibility index (Phi) is 3.06. The van der Waals surface area contributed by atoms with Crippen LogP contribution >= 0.6 is 0 Å². The molecule has 4 aromatic heterocycles. The first-order chi connectivity index (χ1) is 11.0. The van der Waals surface area contributed by atoms with Gasteiger partial charge in [0.05, 0.1) is 19.2 Å². The maximum absolute atomic E-state index is 5.67. The van der Waals surface area contributed by atoms with Crippen molar-refractivity contribution < 1.29 is 4.42 Å². The third kappa shape index (κ3) is 2.43. The number of fused-ring (bicyclic) bond motifs is 3. The molecule has 5 heteroatoms. The zero-order valence-corrected chi connectivity index (χ0v) is 14.4. The molecular formula is C18H17N3OSi. The molecule has 0 aromatic carbocycles. The van der Waals surface area contributed by atoms with Crippen molar-refractivity contribution >= 4 is 35.5 Å². The topological polar surface area (TPSA) is 51.8 Å². The van der Waals surface area contributed by atoms with Gasteiger partial charge in [-0.05, 0) is 29.5 Å². The quantitative estimate of drug-likeness (QED) is 0.524. The van der Waals surface area contributed by atoms with E-state index in [0.29, 0.717) is 11.4 Å². The second-order valence-corrected chi connectivity index (χ2v) is 11.8. The van der Waals surface area contributed by atoms with Crippen molar-refractivity contribution in [3.05, 3.63) is 48.9 Å². The zero-order valence-electron chi connectivity index (χ0n) is 13.4. The minimum absolute atomic E-state index is 0.612. The summed E-state index contributed by atoms with van der Waals surface area (Å²) in [6, 6.07) is 10.3. The summed E-state index contributed by atoms with van der Waals surface area (Å²) < 4.78 is 5.67. The second-order valence-electron chi connectivity index (χ2n) is 6.72. The van der Waals surface area contributed by atoms with E-state index < -0.39 is 8.07 Å². The van der Waals surface area contributed by atoms with E-state index >= 15 is 0 Å². The fourth-order valence-corrected chi connectivity index (χ4v) is 3.68. The lowest BCUT2D eigenvalue weighted by atomic mass is 10.1. The van der Waals surface area contributed by atoms with E-state index in [2.05, 4.69) is 52.8 Å². The van der Waals surface area contributed by atoms with Crippen molar-refractivity contribution in [2.24, 2.45) is 0 Å². The van der Waals surface area contributed by atoms with Crippen LogP contribution in [0.1, 0.15) is 0 Å². The van der Waals surface area contributed by atoms with Crippen LogP contribution in [0.25, 0.3) is 33.5 Å². The highest BCUT2D eigenvalue weighted by atomic mass is 28.3. The highest BCUT2D eigenvalue weighted by Gasteiger charge is 2.17. The van der Waals surface area contributed by atoms with Crippen LogP contribution in [-0.2, 0) is 0 Å². The Hall–Kier alpha value is -2.53. The molecule has 0 saturated carbocycles. The van der Waals surface area contributed by atoms with Crippen molar-refractivity contribution in [2.75, 3.05) is 0 Å². The molecular weight excluding hydrogens is 302 g/mol. The molecule has 0 saturated heterocycles. The van der Waals surface area contributed by atoms with Gasteiger partial charge >= 0.3 is 0 Å². The maximum Gasteiger partial charge on any atom is 0.229 e. The lowest BCUT2D eigenvalue weighted by Crippen LogP contribution is -2.37. The summed E-state index contributed by atoms with van der Waals surface area (Å²) in [7, 11) is -1.33. The summed E-state index contributed by atoms with van der Waals surface area (Å²) in [4.78, 5) is 13.3. The first-order valence-corrected chi connectivity index (χ1v) is 11.1. The molecule has 0 fully saturated rings. The molecule has 0 radical (unpaired) electrons. The first kappa shape index (κ1) is 14.1. The normalized spacial score (nSPS) is 12.1. The summed E-state index contributed by atoms with van der Waals surface area (Å²) in [5.41, 5.74) is 3.15. The Morgan fingerprint density at radius 2 is 1.70 bits per heavy atom. The number of rotatable bonds is 2. The standard InChI is InChI=1S/C18H17N3OSi/c1-23(2,3)13-6-7-16(20-11-13)12-9-15-14-5-4-8-19-17(14)22-18(15)21-10-12/h4-11H,1-3H3. The van der Waals surface area contributed by atoms with Crippen molar-refractivity contribution in [3.8, 4) is 11.3 Å². The number of aromatic nitrogens is 3. The molecule has 114 valence electrons. The smallest absolute Gasteiger partial charge is 0.229 e. The molecule has 4 aromatic rings. The highest BCUT2D eigenvalue weighted by molar-refractivity contribution is 6.88. The SMILES string of the molecule is C[Si](C)(C)c1ccc(-c2cnc3oc4ncccc4c3c2)nc1. The second kappa shape index (κ2) is 4.99. The summed E-state index contributed by atoms with van der Waals surface area (Å²) in [6.45, 7) is 6.96. The van der Waals surface area contributed by atoms with Crippen molar-refractivity contribution in [2.45, 2.75) is 19.6 Å². The van der Waals surface area contributed by atoms with Crippen molar-refractivity contribution in [3.63, 3.8) is 0 Å². The Morgan fingerprint density at radius 1 is 0.870 bits per heavy atom. The van der Waals surface area contributed by atoms with Crippen LogP contribution in [0.2, 0.25) is 19.6 Å². The minimum atomic E-state index is -1.33. The van der Waals surface area contributed by atoms with E-state index in [1.54, 1.807) is 12.4 Å². The van der Waals surface area contributed by atoms with Crippen LogP contribution in [0, 0.1) is 0 Å². The molecule has 0 aliphatic carbocycles. The number of nitrogens with zero attached hydrogens (tertiary/aromatic N) is 3. The average Bonchev–Trinajstić information content (AvgIpc) is 2.92. The number of hydrogen-bond donors (Lipinski definition) is 0. The fourth-order valence-electron chi connectivity index (χ4n) is 2.64. The maximum atomic E-state index is 5.67. The predicted molar refractivity (Wildman–Crippen MR) is 95.5 cm³/mol. The molecule has 0 N–H and O–H groups in total. The van der Waals surface area contributed by atoms with E-state index in [9.17, 15) is 0 Å². The highest BCUT2D eigenvalue weighted by Crippen LogP contribution is 2.28. The summed E-state index contributed by atoms with van der Waals surface area (Å²) in [6.07, 6.45) is 5.53. The third-order valence-corrected chi connectivity index (χ3v) is 6.06. The molecule has 23 heavy (non-hydrogen) atoms. The van der Waals surface area contributed by atoms with Gasteiger partial charge in [-0.3, -0.25) is 4.98 Å². The van der Waals surface area contributed by atoms with E-state index in [1.165, 1.54) is 5.19 Å². The van der Waals surface area contributed by atoms with Gasteiger partial charge in [0.1, 0.15) is 0 Å². The lowest BCUT2D eigenvalue weighted by molar-refractivity contribution is 0.640. The van der Waals surface area contributed by atoms with E-state index in [0.717, 1.165) is 22.0 Å². The number of pyridine rings is 3. The molecule has 0 aliphatic rings. The number of hydrogen-bond acceptors (Lipinski definition) is 4. The van der Waals surface area contributed by atoms with Crippen LogP contribution < -0.4 is 5.19 Å². The monoisotopic (exact) mass is 319 g/mol. The largest absolute Gasteiger partial charge is 0.419 e. The van der Waals surface area contributed by atoms with Crippen LogP contribution in [0.15, 0.2) is 53.3 Å². The van der Waals surface area contributed by atoms with Gasteiger partial charge in [-0.1, -0.05) is 25.7 Å². The van der Waals surface area contributed by atoms with Gasteiger partial charge in [0.25, 0.3) is 0 Å². The van der Waals surface area contributed by atoms with Gasteiger partial charge in [-0.2, -0.15) is 0 Å². The van der Waals surface area contributed by atoms with Crippen molar-refractivity contribution in [1.29, 1.82) is 0 Å². The number of furan rings is 1. The van der Waals surface area contributed by atoms with Gasteiger partial charge in [0.15, 0.2) is 0 Å². The van der Waals surface area contributed by atoms with Gasteiger partial charge in [-0.25, -0.2) is 9.97 Å². The van der Waals surface area contributed by atoms with Crippen LogP contribution in [0.3, 0.4) is 0 Å². The summed E-state index contributed by atoms with van der Waals surface area (Å²) in [5.74, 6) is 0. The molecule has 4 rings (SSSR count). The molecule has 0 unspecified atom stereocenters. The third-order valence-electron chi connectivity index (χ3n) is 4.03. The molecule has 4 heterocycles. The Labute approximate surface area is 135 Å². The molecule has 0 atom stereocenters. The minimum Gasteiger partial charge on any atom is -0.419 e. The zero-order chi connectivity index (χ0) is 16.0. The Balaban J connectivity index is 1.84. The first-order valence-electron chi connectivity index (χ1n) is 7.62. The van der Waals surface area contributed by atoms with E-state index in [-0.39, 0.29) is 0 Å². The van der Waals surface area contributed by atoms with Crippen molar-refractivity contribution in [1.82, 2.24) is 15.0 Å².